The van der Waals surface area contributed by atoms with Crippen LogP contribution in [0.5, 0.6) is 0 Å². The summed E-state index contributed by atoms with van der Waals surface area (Å²) in [6, 6.07) is 8.54. The van der Waals surface area contributed by atoms with Crippen LogP contribution in [-0.2, 0) is 15.1 Å². The highest BCUT2D eigenvalue weighted by molar-refractivity contribution is 6.09. The summed E-state index contributed by atoms with van der Waals surface area (Å²) >= 11 is 0. The van der Waals surface area contributed by atoms with Crippen molar-refractivity contribution in [3.05, 3.63) is 35.6 Å². The summed E-state index contributed by atoms with van der Waals surface area (Å²) in [4.78, 5) is 40.8. The lowest BCUT2D eigenvalue weighted by atomic mass is 9.85. The molecule has 1 fully saturated rings. The number of imide groups is 1. The third kappa shape index (κ3) is 4.93. The first-order valence-corrected chi connectivity index (χ1v) is 9.81. The monoisotopic (exact) mass is 413 g/mol. The highest BCUT2D eigenvalue weighted by atomic mass is 19.1. The molecule has 1 heterocycles. The second-order valence-corrected chi connectivity index (χ2v) is 7.03. The second-order valence-electron chi connectivity index (χ2n) is 7.03. The molecule has 0 aromatic heterocycles. The lowest BCUT2D eigenvalue weighted by Gasteiger charge is -2.28. The molecule has 1 saturated heterocycles. The molecule has 4 amide bonds. The predicted molar refractivity (Wildman–Crippen MR) is 105 cm³/mol. The first-order chi connectivity index (χ1) is 14.4. The number of halogens is 1. The number of nitrogens with one attached hydrogen (secondary N) is 1. The minimum absolute atomic E-state index is 0.0767. The molecule has 0 bridgehead atoms. The highest BCUT2D eigenvalue weighted by Crippen LogP contribution is 2.34. The van der Waals surface area contributed by atoms with Gasteiger partial charge in [0.15, 0.2) is 0 Å². The van der Waals surface area contributed by atoms with E-state index in [0.29, 0.717) is 18.4 Å². The standard InChI is InChI=1S/C21H24FN5O3/c1-2-3-10-21(16-6-8-17(22)9-7-16)19(29)27(20(30)25-21)15-18(28)26(13-4-11-23)14-5-12-24/h6-9H,2-5,10,13-15H2,1H3,(H,25,30). The Labute approximate surface area is 174 Å². The number of hydrogen-bond donors (Lipinski definition) is 1. The molecule has 1 atom stereocenters. The number of nitriles is 2. The van der Waals surface area contributed by atoms with Gasteiger partial charge in [-0.15, -0.1) is 0 Å². The van der Waals surface area contributed by atoms with Crippen molar-refractivity contribution in [1.29, 1.82) is 10.5 Å². The summed E-state index contributed by atoms with van der Waals surface area (Å²) in [5.41, 5.74) is -0.901. The zero-order chi connectivity index (χ0) is 22.1. The highest BCUT2D eigenvalue weighted by Gasteiger charge is 2.52. The molecule has 30 heavy (non-hydrogen) atoms. The largest absolute Gasteiger partial charge is 0.339 e. The van der Waals surface area contributed by atoms with Crippen molar-refractivity contribution in [1.82, 2.24) is 15.1 Å². The van der Waals surface area contributed by atoms with Crippen LogP contribution >= 0.6 is 0 Å². The topological polar surface area (TPSA) is 117 Å². The van der Waals surface area contributed by atoms with Crippen LogP contribution < -0.4 is 5.32 Å². The van der Waals surface area contributed by atoms with Crippen molar-refractivity contribution < 1.29 is 18.8 Å². The normalized spacial score (nSPS) is 17.9. The molecule has 1 N–H and O–H groups in total. The van der Waals surface area contributed by atoms with Gasteiger partial charge in [0.2, 0.25) is 5.91 Å². The van der Waals surface area contributed by atoms with Gasteiger partial charge in [0.1, 0.15) is 17.9 Å². The van der Waals surface area contributed by atoms with Crippen LogP contribution in [0.3, 0.4) is 0 Å². The Morgan fingerprint density at radius 1 is 1.17 bits per heavy atom. The fourth-order valence-electron chi connectivity index (χ4n) is 3.42. The molecule has 1 aromatic carbocycles. The number of carbonyl (C=O) groups excluding carboxylic acids is 3. The fourth-order valence-corrected chi connectivity index (χ4v) is 3.42. The van der Waals surface area contributed by atoms with E-state index in [4.69, 9.17) is 10.5 Å². The third-order valence-corrected chi connectivity index (χ3v) is 5.05. The number of unbranched alkanes of at least 4 members (excludes halogenated alkanes) is 1. The van der Waals surface area contributed by atoms with E-state index in [1.165, 1.54) is 29.2 Å². The molecule has 0 saturated carbocycles. The van der Waals surface area contributed by atoms with Gasteiger partial charge in [0.25, 0.3) is 5.91 Å². The molecule has 1 aliphatic rings. The molecular formula is C21H24FN5O3. The first kappa shape index (κ1) is 22.8. The lowest BCUT2D eigenvalue weighted by Crippen LogP contribution is -2.46. The predicted octanol–water partition coefficient (Wildman–Crippen LogP) is 2.42. The average molecular weight is 413 g/mol. The van der Waals surface area contributed by atoms with Crippen molar-refractivity contribution in [3.8, 4) is 12.1 Å². The van der Waals surface area contributed by atoms with Gasteiger partial charge in [-0.2, -0.15) is 10.5 Å². The van der Waals surface area contributed by atoms with Crippen LogP contribution in [0.4, 0.5) is 9.18 Å². The molecule has 1 aliphatic heterocycles. The SMILES string of the molecule is CCCCC1(c2ccc(F)cc2)NC(=O)N(CC(=O)N(CCC#N)CCC#N)C1=O. The Bertz CT molecular complexity index is 856. The van der Waals surface area contributed by atoms with E-state index in [1.54, 1.807) is 0 Å². The van der Waals surface area contributed by atoms with Crippen molar-refractivity contribution in [2.24, 2.45) is 0 Å². The minimum atomic E-state index is -1.36. The smallest absolute Gasteiger partial charge is 0.325 e. The van der Waals surface area contributed by atoms with E-state index < -0.39 is 35.7 Å². The molecule has 0 aliphatic carbocycles. The van der Waals surface area contributed by atoms with Gasteiger partial charge in [-0.25, -0.2) is 9.18 Å². The third-order valence-electron chi connectivity index (χ3n) is 5.05. The molecular weight excluding hydrogens is 389 g/mol. The van der Waals surface area contributed by atoms with Crippen LogP contribution in [0.2, 0.25) is 0 Å². The summed E-state index contributed by atoms with van der Waals surface area (Å²) in [6.07, 6.45) is 1.89. The van der Waals surface area contributed by atoms with Crippen LogP contribution in [0.1, 0.15) is 44.6 Å². The van der Waals surface area contributed by atoms with Crippen LogP contribution in [0.25, 0.3) is 0 Å². The Morgan fingerprint density at radius 2 is 1.77 bits per heavy atom. The molecule has 9 heteroatoms. The number of hydrogen-bond acceptors (Lipinski definition) is 5. The molecule has 0 spiro atoms. The fraction of sp³-hybridized carbons (Fsp3) is 0.476. The Kier molecular flexibility index (Phi) is 7.88. The van der Waals surface area contributed by atoms with E-state index in [9.17, 15) is 18.8 Å². The molecule has 2 rings (SSSR count). The quantitative estimate of drug-likeness (QED) is 0.591. The maximum Gasteiger partial charge on any atom is 0.325 e. The maximum absolute atomic E-state index is 13.4. The van der Waals surface area contributed by atoms with Gasteiger partial charge < -0.3 is 10.2 Å². The Balaban J connectivity index is 2.27. The second kappa shape index (κ2) is 10.4. The van der Waals surface area contributed by atoms with E-state index >= 15 is 0 Å². The zero-order valence-corrected chi connectivity index (χ0v) is 16.9. The van der Waals surface area contributed by atoms with Crippen molar-refractivity contribution in [2.45, 2.75) is 44.6 Å². The number of nitrogens with zero attached hydrogens (tertiary/aromatic N) is 4. The summed E-state index contributed by atoms with van der Waals surface area (Å²) in [7, 11) is 0. The van der Waals surface area contributed by atoms with Crippen LogP contribution in [0.15, 0.2) is 24.3 Å². The number of benzene rings is 1. The Morgan fingerprint density at radius 3 is 2.30 bits per heavy atom. The molecule has 158 valence electrons. The Hall–Kier alpha value is -3.46. The van der Waals surface area contributed by atoms with Gasteiger partial charge in [-0.05, 0) is 24.1 Å². The molecule has 8 nitrogen and oxygen atoms in total. The van der Waals surface area contributed by atoms with Crippen molar-refractivity contribution in [3.63, 3.8) is 0 Å². The van der Waals surface area contributed by atoms with E-state index in [2.05, 4.69) is 5.32 Å². The summed E-state index contributed by atoms with van der Waals surface area (Å²) in [5, 5.41) is 20.3. The van der Waals surface area contributed by atoms with E-state index in [0.717, 1.165) is 11.3 Å². The summed E-state index contributed by atoms with van der Waals surface area (Å²) in [6.45, 7) is 1.68. The summed E-state index contributed by atoms with van der Waals surface area (Å²) < 4.78 is 13.4. The number of urea groups is 1. The van der Waals surface area contributed by atoms with Crippen molar-refractivity contribution >= 4 is 17.8 Å². The van der Waals surface area contributed by atoms with Crippen LogP contribution in [0, 0.1) is 28.5 Å². The summed E-state index contributed by atoms with van der Waals surface area (Å²) in [5.74, 6) is -1.55. The molecule has 1 aromatic rings. The molecule has 1 unspecified atom stereocenters. The van der Waals surface area contributed by atoms with Gasteiger partial charge >= 0.3 is 6.03 Å². The first-order valence-electron chi connectivity index (χ1n) is 9.81. The van der Waals surface area contributed by atoms with Crippen molar-refractivity contribution in [2.75, 3.05) is 19.6 Å². The minimum Gasteiger partial charge on any atom is -0.339 e. The van der Waals surface area contributed by atoms with E-state index in [-0.39, 0.29) is 25.9 Å². The zero-order valence-electron chi connectivity index (χ0n) is 16.9. The molecule has 0 radical (unpaired) electrons. The van der Waals surface area contributed by atoms with Gasteiger partial charge in [-0.1, -0.05) is 31.9 Å². The van der Waals surface area contributed by atoms with E-state index in [1.807, 2.05) is 19.1 Å². The van der Waals surface area contributed by atoms with Gasteiger partial charge in [0.05, 0.1) is 25.0 Å². The number of amides is 4. The average Bonchev–Trinajstić information content (AvgIpc) is 2.97. The number of carbonyl (C=O) groups is 3. The van der Waals surface area contributed by atoms with Gasteiger partial charge in [0, 0.05) is 13.1 Å². The number of rotatable bonds is 10. The van der Waals surface area contributed by atoms with Gasteiger partial charge in [-0.3, -0.25) is 14.5 Å². The van der Waals surface area contributed by atoms with Crippen LogP contribution in [-0.4, -0.2) is 47.3 Å². The maximum atomic E-state index is 13.4. The lowest BCUT2D eigenvalue weighted by molar-refractivity contribution is -0.139.